The van der Waals surface area contributed by atoms with Crippen molar-refractivity contribution in [2.45, 2.75) is 39.3 Å². The molecule has 2 aliphatic heterocycles. The lowest BCUT2D eigenvalue weighted by molar-refractivity contribution is -0.153. The highest BCUT2D eigenvalue weighted by atomic mass is 16.4. The normalized spacial score (nSPS) is 31.7. The van der Waals surface area contributed by atoms with Crippen molar-refractivity contribution >= 4 is 17.8 Å². The zero-order valence-corrected chi connectivity index (χ0v) is 14.9. The molecule has 2 N–H and O–H groups in total. The number of rotatable bonds is 4. The van der Waals surface area contributed by atoms with E-state index in [2.05, 4.69) is 5.32 Å². The first-order valence-corrected chi connectivity index (χ1v) is 8.69. The second kappa shape index (κ2) is 5.95. The van der Waals surface area contributed by atoms with Crippen molar-refractivity contribution in [3.05, 3.63) is 35.4 Å². The minimum absolute atomic E-state index is 0.263. The molecule has 0 bridgehead atoms. The van der Waals surface area contributed by atoms with Crippen LogP contribution in [0.1, 0.15) is 37.9 Å². The summed E-state index contributed by atoms with van der Waals surface area (Å²) in [5.41, 5.74) is 0.396. The maximum atomic E-state index is 12.9. The van der Waals surface area contributed by atoms with Crippen LogP contribution in [0.25, 0.3) is 0 Å². The highest BCUT2D eigenvalue weighted by molar-refractivity contribution is 6.09. The van der Waals surface area contributed by atoms with E-state index in [0.717, 1.165) is 11.1 Å². The third-order valence-corrected chi connectivity index (χ3v) is 5.79. The maximum absolute atomic E-state index is 12.9. The van der Waals surface area contributed by atoms with Crippen LogP contribution in [0.4, 0.5) is 0 Å². The molecule has 4 unspecified atom stereocenters. The van der Waals surface area contributed by atoms with E-state index < -0.39 is 29.4 Å². The lowest BCUT2D eigenvalue weighted by Crippen LogP contribution is -2.59. The minimum atomic E-state index is -1.45. The Morgan fingerprint density at radius 1 is 1.28 bits per heavy atom. The van der Waals surface area contributed by atoms with Crippen LogP contribution in [-0.4, -0.2) is 39.9 Å². The van der Waals surface area contributed by atoms with Crippen LogP contribution in [-0.2, 0) is 14.4 Å². The van der Waals surface area contributed by atoms with Gasteiger partial charge in [0.25, 0.3) is 0 Å². The van der Waals surface area contributed by atoms with E-state index in [1.165, 1.54) is 4.90 Å². The summed E-state index contributed by atoms with van der Waals surface area (Å²) < 4.78 is 0. The van der Waals surface area contributed by atoms with Crippen molar-refractivity contribution < 1.29 is 19.5 Å². The highest BCUT2D eigenvalue weighted by Gasteiger charge is 2.69. The molecular weight excluding hydrogens is 320 g/mol. The number of likely N-dealkylation sites (tertiary alicyclic amines) is 1. The van der Waals surface area contributed by atoms with Crippen molar-refractivity contribution in [3.63, 3.8) is 0 Å². The number of hydrogen-bond acceptors (Lipinski definition) is 4. The van der Waals surface area contributed by atoms with Gasteiger partial charge in [-0.15, -0.1) is 0 Å². The van der Waals surface area contributed by atoms with Gasteiger partial charge in [-0.05, 0) is 30.9 Å². The molecule has 4 atom stereocenters. The Morgan fingerprint density at radius 3 is 2.44 bits per heavy atom. The van der Waals surface area contributed by atoms with Crippen LogP contribution < -0.4 is 5.32 Å². The van der Waals surface area contributed by atoms with Crippen LogP contribution in [0.3, 0.4) is 0 Å². The Kier molecular flexibility index (Phi) is 4.19. The molecule has 25 heavy (non-hydrogen) atoms. The largest absolute Gasteiger partial charge is 0.480 e. The summed E-state index contributed by atoms with van der Waals surface area (Å²) >= 11 is 0. The van der Waals surface area contributed by atoms with E-state index >= 15 is 0 Å². The first kappa shape index (κ1) is 17.6. The topological polar surface area (TPSA) is 86.7 Å². The fraction of sp³-hybridized carbons (Fsp3) is 0.526. The number of carboxylic acid groups (broad SMARTS) is 1. The number of aliphatic carboxylic acids is 1. The monoisotopic (exact) mass is 344 g/mol. The van der Waals surface area contributed by atoms with Crippen LogP contribution in [0.5, 0.6) is 0 Å². The number of fused-ring (bicyclic) bond motifs is 1. The molecule has 0 radical (unpaired) electrons. The van der Waals surface area contributed by atoms with Crippen LogP contribution in [0.2, 0.25) is 0 Å². The smallest absolute Gasteiger partial charge is 0.325 e. The number of hydrogen-bond donors (Lipinski definition) is 2. The number of aryl methyl sites for hydroxylation is 1. The Balaban J connectivity index is 2.20. The maximum Gasteiger partial charge on any atom is 0.325 e. The summed E-state index contributed by atoms with van der Waals surface area (Å²) in [6, 6.07) is 7.11. The van der Waals surface area contributed by atoms with E-state index in [9.17, 15) is 19.5 Å². The van der Waals surface area contributed by atoms with Gasteiger partial charge in [0.1, 0.15) is 5.54 Å². The minimum Gasteiger partial charge on any atom is -0.480 e. The van der Waals surface area contributed by atoms with E-state index in [1.807, 2.05) is 31.2 Å². The van der Waals surface area contributed by atoms with Gasteiger partial charge in [-0.1, -0.05) is 38.1 Å². The van der Waals surface area contributed by atoms with Crippen molar-refractivity contribution in [1.82, 2.24) is 10.2 Å². The molecule has 6 nitrogen and oxygen atoms in total. The number of carbonyl (C=O) groups excluding carboxylic acids is 2. The van der Waals surface area contributed by atoms with Crippen molar-refractivity contribution in [2.75, 3.05) is 6.54 Å². The van der Waals surface area contributed by atoms with Gasteiger partial charge in [0.05, 0.1) is 11.8 Å². The summed E-state index contributed by atoms with van der Waals surface area (Å²) in [7, 11) is 0. The molecule has 2 fully saturated rings. The molecule has 1 aromatic rings. The van der Waals surface area contributed by atoms with E-state index in [-0.39, 0.29) is 24.3 Å². The Bertz CT molecular complexity index is 745. The van der Waals surface area contributed by atoms with Crippen molar-refractivity contribution in [3.8, 4) is 0 Å². The third kappa shape index (κ3) is 2.24. The summed E-state index contributed by atoms with van der Waals surface area (Å²) in [6.07, 6.45) is 0. The number of nitrogens with one attached hydrogen (secondary N) is 1. The third-order valence-electron chi connectivity index (χ3n) is 5.79. The predicted octanol–water partition coefficient (Wildman–Crippen LogP) is 1.74. The number of benzene rings is 1. The van der Waals surface area contributed by atoms with E-state index in [1.54, 1.807) is 20.8 Å². The molecule has 3 rings (SSSR count). The average Bonchev–Trinajstić information content (AvgIpc) is 3.03. The molecule has 2 aliphatic rings. The van der Waals surface area contributed by atoms with Crippen molar-refractivity contribution in [2.24, 2.45) is 17.8 Å². The van der Waals surface area contributed by atoms with Gasteiger partial charge in [-0.2, -0.15) is 0 Å². The van der Waals surface area contributed by atoms with Gasteiger partial charge in [0.15, 0.2) is 0 Å². The molecule has 134 valence electrons. The van der Waals surface area contributed by atoms with E-state index in [0.29, 0.717) is 0 Å². The lowest BCUT2D eigenvalue weighted by atomic mass is 9.73. The van der Waals surface area contributed by atoms with Gasteiger partial charge >= 0.3 is 5.97 Å². The summed E-state index contributed by atoms with van der Waals surface area (Å²) in [5, 5.41) is 13.2. The molecule has 2 heterocycles. The molecule has 0 spiro atoms. The molecular formula is C19H24N2O4. The number of carbonyl (C=O) groups is 3. The van der Waals surface area contributed by atoms with Gasteiger partial charge in [0, 0.05) is 12.6 Å². The van der Waals surface area contributed by atoms with Gasteiger partial charge < -0.3 is 5.11 Å². The molecule has 1 aromatic carbocycles. The lowest BCUT2D eigenvalue weighted by Gasteiger charge is -2.34. The molecule has 0 saturated carbocycles. The first-order chi connectivity index (χ1) is 11.8. The molecule has 6 heteroatoms. The first-order valence-electron chi connectivity index (χ1n) is 8.69. The zero-order valence-electron chi connectivity index (χ0n) is 14.9. The van der Waals surface area contributed by atoms with Gasteiger partial charge in [-0.3, -0.25) is 24.6 Å². The van der Waals surface area contributed by atoms with E-state index in [4.69, 9.17) is 0 Å². The number of imide groups is 1. The molecule has 2 saturated heterocycles. The number of carboxylic acids is 1. The number of nitrogens with zero attached hydrogens (tertiary/aromatic N) is 1. The van der Waals surface area contributed by atoms with Crippen LogP contribution in [0.15, 0.2) is 24.3 Å². The second-order valence-corrected chi connectivity index (χ2v) is 7.23. The highest BCUT2D eigenvalue weighted by Crippen LogP contribution is 2.51. The summed E-state index contributed by atoms with van der Waals surface area (Å²) in [6.45, 7) is 7.50. The van der Waals surface area contributed by atoms with Crippen LogP contribution >= 0.6 is 0 Å². The quantitative estimate of drug-likeness (QED) is 0.813. The Labute approximate surface area is 147 Å². The fourth-order valence-corrected chi connectivity index (χ4v) is 4.49. The average molecular weight is 344 g/mol. The second-order valence-electron chi connectivity index (χ2n) is 7.23. The van der Waals surface area contributed by atoms with Gasteiger partial charge in [-0.25, -0.2) is 0 Å². The molecule has 2 amide bonds. The zero-order chi connectivity index (χ0) is 18.5. The molecule has 0 aliphatic carbocycles. The van der Waals surface area contributed by atoms with Gasteiger partial charge in [0.2, 0.25) is 11.8 Å². The predicted molar refractivity (Wildman–Crippen MR) is 91.6 cm³/mol. The summed E-state index contributed by atoms with van der Waals surface area (Å²) in [4.78, 5) is 39.3. The summed E-state index contributed by atoms with van der Waals surface area (Å²) in [5.74, 6) is -3.65. The Hall–Kier alpha value is -2.21. The SMILES string of the molecule is CCN1C(=O)C2C(c3ccccc3C)NC(C(=O)O)(C(C)C)C2C1=O. The van der Waals surface area contributed by atoms with Crippen LogP contribution in [0, 0.1) is 24.7 Å². The Morgan fingerprint density at radius 2 is 1.92 bits per heavy atom. The molecule has 0 aromatic heterocycles. The fourth-order valence-electron chi connectivity index (χ4n) is 4.49. The number of amides is 2. The standard InChI is InChI=1S/C19H24N2O4/c1-5-21-16(22)13-14(17(21)23)19(10(2)3,18(24)25)20-15(13)12-9-7-6-8-11(12)4/h6-10,13-15,20H,5H2,1-4H3,(H,24,25). The van der Waals surface area contributed by atoms with Crippen molar-refractivity contribution in [1.29, 1.82) is 0 Å².